The van der Waals surface area contributed by atoms with Crippen LogP contribution >= 0.6 is 34.6 Å². The second-order valence-electron chi connectivity index (χ2n) is 1.25. The maximum atomic E-state index is 3.76. The lowest BCUT2D eigenvalue weighted by Crippen LogP contribution is -1.84. The summed E-state index contributed by atoms with van der Waals surface area (Å²) in [5.41, 5.74) is 0. The van der Waals surface area contributed by atoms with Crippen molar-refractivity contribution < 1.29 is 0 Å². The summed E-state index contributed by atoms with van der Waals surface area (Å²) in [6.45, 7) is 2.07. The second kappa shape index (κ2) is 3.35. The van der Waals surface area contributed by atoms with Crippen LogP contribution in [0.1, 0.15) is 6.92 Å². The van der Waals surface area contributed by atoms with Crippen LogP contribution in [-0.4, -0.2) is 24.2 Å². The number of nitrogens with zero attached hydrogens (tertiary/aromatic N) is 4. The van der Waals surface area contributed by atoms with Gasteiger partial charge in [-0.2, -0.15) is 2.90 Å². The van der Waals surface area contributed by atoms with Gasteiger partial charge in [-0.15, -0.1) is 5.10 Å². The molecule has 0 aliphatic rings. The Balaban J connectivity index is 2.69. The molecule has 1 heterocycles. The number of rotatable bonds is 2. The summed E-state index contributed by atoms with van der Waals surface area (Å²) in [7, 11) is 0. The molecule has 0 N–H and O–H groups in total. The highest BCUT2D eigenvalue weighted by molar-refractivity contribution is 14.1. The molecule has 0 radical (unpaired) electrons. The zero-order valence-electron chi connectivity index (χ0n) is 4.78. The van der Waals surface area contributed by atoms with Gasteiger partial charge in [0.25, 0.3) is 0 Å². The molecular weight excluding hydrogens is 251 g/mol. The Morgan fingerprint density at radius 3 is 3.00 bits per heavy atom. The summed E-state index contributed by atoms with van der Waals surface area (Å²) in [4.78, 5) is 0. The molecule has 0 unspecified atom stereocenters. The van der Waals surface area contributed by atoms with Crippen molar-refractivity contribution in [3.05, 3.63) is 0 Å². The van der Waals surface area contributed by atoms with E-state index in [2.05, 4.69) is 22.4 Å². The van der Waals surface area contributed by atoms with E-state index in [9.17, 15) is 0 Å². The van der Waals surface area contributed by atoms with Gasteiger partial charge in [0.05, 0.1) is 22.9 Å². The van der Waals surface area contributed by atoms with Crippen molar-refractivity contribution >= 4 is 34.6 Å². The quantitative estimate of drug-likeness (QED) is 0.584. The first-order valence-electron chi connectivity index (χ1n) is 2.42. The smallest absolute Gasteiger partial charge is 0.158 e. The molecule has 0 amide bonds. The average molecular weight is 256 g/mol. The van der Waals surface area contributed by atoms with E-state index in [4.69, 9.17) is 0 Å². The Hall–Kier alpha value is 0.150. The van der Waals surface area contributed by atoms with Crippen LogP contribution in [0.4, 0.5) is 0 Å². The minimum atomic E-state index is 0.859. The highest BCUT2D eigenvalue weighted by atomic mass is 127. The lowest BCUT2D eigenvalue weighted by molar-refractivity contribution is 0.868. The zero-order valence-corrected chi connectivity index (χ0v) is 7.76. The van der Waals surface area contributed by atoms with Crippen LogP contribution in [0, 0.1) is 0 Å². The monoisotopic (exact) mass is 256 g/mol. The van der Waals surface area contributed by atoms with Crippen LogP contribution in [0.25, 0.3) is 0 Å². The molecule has 9 heavy (non-hydrogen) atoms. The highest BCUT2D eigenvalue weighted by Crippen LogP contribution is 2.13. The third-order valence-electron chi connectivity index (χ3n) is 0.680. The third kappa shape index (κ3) is 1.78. The minimum Gasteiger partial charge on any atom is -0.158 e. The molecule has 50 valence electrons. The number of thioether (sulfide) groups is 1. The fraction of sp³-hybridized carbons (Fsp3) is 0.667. The molecule has 0 aliphatic carbocycles. The van der Waals surface area contributed by atoms with Crippen LogP contribution < -0.4 is 0 Å². The van der Waals surface area contributed by atoms with Crippen LogP contribution in [-0.2, 0) is 0 Å². The van der Waals surface area contributed by atoms with E-state index in [1.54, 1.807) is 14.7 Å². The Morgan fingerprint density at radius 2 is 2.56 bits per heavy atom. The van der Waals surface area contributed by atoms with Crippen molar-refractivity contribution in [3.63, 3.8) is 0 Å². The Morgan fingerprint density at radius 1 is 1.78 bits per heavy atom. The summed E-state index contributed by atoms with van der Waals surface area (Å²) in [6.07, 6.45) is 0. The van der Waals surface area contributed by atoms with E-state index in [1.807, 2.05) is 22.9 Å². The van der Waals surface area contributed by atoms with Crippen molar-refractivity contribution in [2.75, 3.05) is 5.75 Å². The summed E-state index contributed by atoms with van der Waals surface area (Å²) in [5.74, 6) is 1.00. The topological polar surface area (TPSA) is 43.6 Å². The van der Waals surface area contributed by atoms with E-state index in [0.717, 1.165) is 10.9 Å². The van der Waals surface area contributed by atoms with E-state index in [0.29, 0.717) is 0 Å². The molecule has 0 bridgehead atoms. The van der Waals surface area contributed by atoms with Gasteiger partial charge in [0.1, 0.15) is 0 Å². The lowest BCUT2D eigenvalue weighted by Gasteiger charge is -1.88. The van der Waals surface area contributed by atoms with Crippen LogP contribution in [0.2, 0.25) is 0 Å². The molecule has 0 saturated heterocycles. The SMILES string of the molecule is CCSc1nnnn1I. The maximum absolute atomic E-state index is 3.76. The highest BCUT2D eigenvalue weighted by Gasteiger charge is 1.99. The van der Waals surface area contributed by atoms with Crippen LogP contribution in [0.5, 0.6) is 0 Å². The van der Waals surface area contributed by atoms with Gasteiger partial charge in [0.2, 0.25) is 5.16 Å². The van der Waals surface area contributed by atoms with Gasteiger partial charge < -0.3 is 0 Å². The largest absolute Gasteiger partial charge is 0.218 e. The summed E-state index contributed by atoms with van der Waals surface area (Å²) >= 11 is 3.67. The first-order valence-corrected chi connectivity index (χ1v) is 4.37. The normalized spacial score (nSPS) is 10.0. The molecule has 1 aromatic rings. The van der Waals surface area contributed by atoms with E-state index in [-0.39, 0.29) is 0 Å². The number of tetrazole rings is 1. The van der Waals surface area contributed by atoms with Gasteiger partial charge in [-0.3, -0.25) is 0 Å². The van der Waals surface area contributed by atoms with Gasteiger partial charge in [0, 0.05) is 0 Å². The van der Waals surface area contributed by atoms with E-state index < -0.39 is 0 Å². The fourth-order valence-electron chi connectivity index (χ4n) is 0.380. The lowest BCUT2D eigenvalue weighted by atomic mass is 11.0. The second-order valence-corrected chi connectivity index (χ2v) is 3.40. The van der Waals surface area contributed by atoms with E-state index in [1.165, 1.54) is 0 Å². The number of hydrogen-bond acceptors (Lipinski definition) is 4. The van der Waals surface area contributed by atoms with Crippen LogP contribution in [0.3, 0.4) is 0 Å². The average Bonchev–Trinajstić information content (AvgIpc) is 2.18. The van der Waals surface area contributed by atoms with Gasteiger partial charge in [-0.1, -0.05) is 18.7 Å². The summed E-state index contributed by atoms with van der Waals surface area (Å²) in [5, 5.41) is 11.8. The van der Waals surface area contributed by atoms with Gasteiger partial charge in [-0.05, 0) is 16.2 Å². The first kappa shape index (κ1) is 7.26. The van der Waals surface area contributed by atoms with Gasteiger partial charge in [0.15, 0.2) is 0 Å². The van der Waals surface area contributed by atoms with Crippen LogP contribution in [0.15, 0.2) is 5.16 Å². The standard InChI is InChI=1S/C3H5IN4S/c1-2-9-3-5-6-7-8(3)4/h2H2,1H3. The van der Waals surface area contributed by atoms with E-state index >= 15 is 0 Å². The number of aromatic nitrogens is 4. The molecule has 6 heteroatoms. The van der Waals surface area contributed by atoms with Crippen molar-refractivity contribution in [3.8, 4) is 0 Å². The molecule has 4 nitrogen and oxygen atoms in total. The van der Waals surface area contributed by atoms with Crippen molar-refractivity contribution in [2.45, 2.75) is 12.1 Å². The molecule has 0 atom stereocenters. The molecular formula is C3H5IN4S. The third-order valence-corrected chi connectivity index (χ3v) is 2.46. The number of halogens is 1. The first-order chi connectivity index (χ1) is 4.34. The Kier molecular flexibility index (Phi) is 2.70. The molecule has 0 spiro atoms. The molecule has 0 saturated carbocycles. The molecule has 1 aromatic heterocycles. The summed E-state index contributed by atoms with van der Waals surface area (Å²) in [6, 6.07) is 0. The minimum absolute atomic E-state index is 0.859. The molecule has 0 aromatic carbocycles. The predicted molar refractivity (Wildman–Crippen MR) is 43.6 cm³/mol. The summed E-state index contributed by atoms with van der Waals surface area (Å²) < 4.78 is 1.63. The maximum Gasteiger partial charge on any atom is 0.218 e. The fourth-order valence-corrected chi connectivity index (χ4v) is 1.48. The van der Waals surface area contributed by atoms with Gasteiger partial charge in [-0.25, -0.2) is 0 Å². The van der Waals surface area contributed by atoms with Crippen molar-refractivity contribution in [1.29, 1.82) is 0 Å². The zero-order chi connectivity index (χ0) is 6.69. The Labute approximate surface area is 70.9 Å². The van der Waals surface area contributed by atoms with Gasteiger partial charge >= 0.3 is 0 Å². The molecule has 0 fully saturated rings. The Bertz CT molecular complexity index is 188. The number of hydrogen-bond donors (Lipinski definition) is 0. The van der Waals surface area contributed by atoms with Crippen molar-refractivity contribution in [2.24, 2.45) is 0 Å². The molecule has 0 aliphatic heterocycles. The predicted octanol–water partition coefficient (Wildman–Crippen LogP) is 0.983. The van der Waals surface area contributed by atoms with Crippen molar-refractivity contribution in [1.82, 2.24) is 18.4 Å². The molecule has 1 rings (SSSR count).